The second kappa shape index (κ2) is 6.73. The van der Waals surface area contributed by atoms with E-state index in [0.717, 1.165) is 17.0 Å². The Morgan fingerprint density at radius 2 is 1.75 bits per heavy atom. The first kappa shape index (κ1) is 14.1. The van der Waals surface area contributed by atoms with Crippen molar-refractivity contribution in [2.24, 2.45) is 0 Å². The highest BCUT2D eigenvalue weighted by atomic mass is 16.5. The van der Waals surface area contributed by atoms with Crippen molar-refractivity contribution >= 4 is 11.6 Å². The van der Waals surface area contributed by atoms with Gasteiger partial charge in [0, 0.05) is 17.9 Å². The first-order valence-corrected chi connectivity index (χ1v) is 6.38. The van der Waals surface area contributed by atoms with Gasteiger partial charge in [-0.15, -0.1) is 0 Å². The molecule has 0 saturated carbocycles. The summed E-state index contributed by atoms with van der Waals surface area (Å²) < 4.78 is 5.05. The topological polar surface area (TPSA) is 58.6 Å². The third kappa shape index (κ3) is 3.59. The van der Waals surface area contributed by atoms with Crippen LogP contribution in [0.2, 0.25) is 0 Å². The van der Waals surface area contributed by atoms with Gasteiger partial charge in [-0.05, 0) is 48.4 Å². The van der Waals surface area contributed by atoms with E-state index in [-0.39, 0.29) is 12.5 Å². The fourth-order valence-electron chi connectivity index (χ4n) is 1.83. The Morgan fingerprint density at radius 1 is 1.10 bits per heavy atom. The van der Waals surface area contributed by atoms with E-state index < -0.39 is 0 Å². The van der Waals surface area contributed by atoms with Gasteiger partial charge >= 0.3 is 0 Å². The van der Waals surface area contributed by atoms with Gasteiger partial charge in [0.05, 0.1) is 7.11 Å². The van der Waals surface area contributed by atoms with Crippen LogP contribution in [0.5, 0.6) is 5.75 Å². The van der Waals surface area contributed by atoms with Crippen molar-refractivity contribution in [3.63, 3.8) is 0 Å². The Labute approximate surface area is 118 Å². The average Bonchev–Trinajstić information content (AvgIpc) is 2.49. The molecule has 0 radical (unpaired) electrons. The first-order valence-electron chi connectivity index (χ1n) is 6.38. The van der Waals surface area contributed by atoms with Crippen LogP contribution in [-0.4, -0.2) is 24.7 Å². The molecule has 4 heteroatoms. The highest BCUT2D eigenvalue weighted by Crippen LogP contribution is 2.14. The predicted molar refractivity (Wildman–Crippen MR) is 78.2 cm³/mol. The van der Waals surface area contributed by atoms with Crippen molar-refractivity contribution in [2.45, 2.75) is 6.42 Å². The number of hydrogen-bond acceptors (Lipinski definition) is 3. The van der Waals surface area contributed by atoms with E-state index in [1.165, 1.54) is 0 Å². The van der Waals surface area contributed by atoms with Crippen LogP contribution < -0.4 is 10.1 Å². The van der Waals surface area contributed by atoms with Gasteiger partial charge in [0.2, 0.25) is 0 Å². The molecule has 0 saturated heterocycles. The Morgan fingerprint density at radius 3 is 2.30 bits per heavy atom. The molecule has 0 heterocycles. The highest BCUT2D eigenvalue weighted by Gasteiger charge is 2.06. The van der Waals surface area contributed by atoms with Crippen LogP contribution in [0.3, 0.4) is 0 Å². The van der Waals surface area contributed by atoms with Crippen molar-refractivity contribution in [3.8, 4) is 5.75 Å². The van der Waals surface area contributed by atoms with Crippen LogP contribution in [0.1, 0.15) is 15.9 Å². The summed E-state index contributed by atoms with van der Waals surface area (Å²) in [4.78, 5) is 12.0. The smallest absolute Gasteiger partial charge is 0.255 e. The second-order valence-corrected chi connectivity index (χ2v) is 4.35. The molecule has 0 aromatic heterocycles. The van der Waals surface area contributed by atoms with E-state index in [4.69, 9.17) is 9.84 Å². The van der Waals surface area contributed by atoms with Gasteiger partial charge in [-0.2, -0.15) is 0 Å². The summed E-state index contributed by atoms with van der Waals surface area (Å²) in [6.45, 7) is 0.123. The molecule has 2 N–H and O–H groups in total. The summed E-state index contributed by atoms with van der Waals surface area (Å²) in [5.74, 6) is 0.553. The number of aliphatic hydroxyl groups excluding tert-OH is 1. The SMILES string of the molecule is COc1ccc(C(=O)Nc2ccc(CCO)cc2)cc1. The third-order valence-electron chi connectivity index (χ3n) is 2.96. The van der Waals surface area contributed by atoms with Gasteiger partial charge in [0.15, 0.2) is 0 Å². The molecule has 2 rings (SSSR count). The largest absolute Gasteiger partial charge is 0.497 e. The maximum Gasteiger partial charge on any atom is 0.255 e. The van der Waals surface area contributed by atoms with E-state index in [2.05, 4.69) is 5.32 Å². The molecule has 20 heavy (non-hydrogen) atoms. The molecular weight excluding hydrogens is 254 g/mol. The van der Waals surface area contributed by atoms with Crippen LogP contribution in [0.15, 0.2) is 48.5 Å². The van der Waals surface area contributed by atoms with Crippen LogP contribution in [0.25, 0.3) is 0 Å². The molecule has 0 spiro atoms. The first-order chi connectivity index (χ1) is 9.72. The highest BCUT2D eigenvalue weighted by molar-refractivity contribution is 6.04. The van der Waals surface area contributed by atoms with Crippen LogP contribution in [0, 0.1) is 0 Å². The molecule has 1 amide bonds. The lowest BCUT2D eigenvalue weighted by atomic mass is 10.1. The molecular formula is C16H17NO3. The summed E-state index contributed by atoms with van der Waals surface area (Å²) in [6, 6.07) is 14.4. The minimum absolute atomic E-state index is 0.123. The monoisotopic (exact) mass is 271 g/mol. The summed E-state index contributed by atoms with van der Waals surface area (Å²) in [5.41, 5.74) is 2.34. The number of amides is 1. The second-order valence-electron chi connectivity index (χ2n) is 4.35. The molecule has 0 atom stereocenters. The summed E-state index contributed by atoms with van der Waals surface area (Å²) in [6.07, 6.45) is 0.618. The zero-order chi connectivity index (χ0) is 14.4. The standard InChI is InChI=1S/C16H17NO3/c1-20-15-8-4-13(5-9-15)16(19)17-14-6-2-12(3-7-14)10-11-18/h2-9,18H,10-11H2,1H3,(H,17,19). The Hall–Kier alpha value is -2.33. The minimum atomic E-state index is -0.164. The summed E-state index contributed by atoms with van der Waals surface area (Å²) in [7, 11) is 1.59. The number of carbonyl (C=O) groups is 1. The van der Waals surface area contributed by atoms with Crippen molar-refractivity contribution in [2.75, 3.05) is 19.0 Å². The third-order valence-corrected chi connectivity index (χ3v) is 2.96. The Balaban J connectivity index is 2.02. The van der Waals surface area contributed by atoms with Crippen molar-refractivity contribution in [1.29, 1.82) is 0 Å². The molecule has 0 aliphatic heterocycles. The lowest BCUT2D eigenvalue weighted by Gasteiger charge is -2.07. The maximum atomic E-state index is 12.0. The Kier molecular flexibility index (Phi) is 4.74. The van der Waals surface area contributed by atoms with Crippen molar-refractivity contribution in [3.05, 3.63) is 59.7 Å². The van der Waals surface area contributed by atoms with Crippen molar-refractivity contribution < 1.29 is 14.6 Å². The number of anilines is 1. The number of rotatable bonds is 5. The van der Waals surface area contributed by atoms with E-state index in [9.17, 15) is 4.79 Å². The van der Waals surface area contributed by atoms with Gasteiger partial charge in [-0.3, -0.25) is 4.79 Å². The van der Waals surface area contributed by atoms with E-state index in [1.807, 2.05) is 24.3 Å². The minimum Gasteiger partial charge on any atom is -0.497 e. The summed E-state index contributed by atoms with van der Waals surface area (Å²) >= 11 is 0. The lowest BCUT2D eigenvalue weighted by molar-refractivity contribution is 0.102. The van der Waals surface area contributed by atoms with Crippen molar-refractivity contribution in [1.82, 2.24) is 0 Å². The van der Waals surface area contributed by atoms with E-state index >= 15 is 0 Å². The Bertz CT molecular complexity index is 561. The van der Waals surface area contributed by atoms with E-state index in [1.54, 1.807) is 31.4 Å². The molecule has 0 fully saturated rings. The zero-order valence-corrected chi connectivity index (χ0v) is 11.3. The van der Waals surface area contributed by atoms with Gasteiger partial charge in [-0.1, -0.05) is 12.1 Å². The molecule has 104 valence electrons. The maximum absolute atomic E-state index is 12.0. The molecule has 2 aromatic rings. The average molecular weight is 271 g/mol. The molecule has 4 nitrogen and oxygen atoms in total. The lowest BCUT2D eigenvalue weighted by Crippen LogP contribution is -2.11. The number of hydrogen-bond donors (Lipinski definition) is 2. The fraction of sp³-hybridized carbons (Fsp3) is 0.188. The van der Waals surface area contributed by atoms with Gasteiger partial charge in [0.1, 0.15) is 5.75 Å². The van der Waals surface area contributed by atoms with Gasteiger partial charge in [0.25, 0.3) is 5.91 Å². The fourth-order valence-corrected chi connectivity index (χ4v) is 1.83. The number of aliphatic hydroxyl groups is 1. The van der Waals surface area contributed by atoms with Gasteiger partial charge < -0.3 is 15.2 Å². The predicted octanol–water partition coefficient (Wildman–Crippen LogP) is 2.48. The van der Waals surface area contributed by atoms with Crippen LogP contribution >= 0.6 is 0 Å². The van der Waals surface area contributed by atoms with Crippen LogP contribution in [-0.2, 0) is 6.42 Å². The number of carbonyl (C=O) groups excluding carboxylic acids is 1. The van der Waals surface area contributed by atoms with E-state index in [0.29, 0.717) is 12.0 Å². The molecule has 0 aliphatic carbocycles. The number of ether oxygens (including phenoxy) is 1. The quantitative estimate of drug-likeness (QED) is 0.878. The number of benzene rings is 2. The molecule has 2 aromatic carbocycles. The summed E-state index contributed by atoms with van der Waals surface area (Å²) in [5, 5.41) is 11.7. The number of nitrogens with one attached hydrogen (secondary N) is 1. The van der Waals surface area contributed by atoms with Crippen LogP contribution in [0.4, 0.5) is 5.69 Å². The molecule has 0 aliphatic rings. The molecule has 0 bridgehead atoms. The zero-order valence-electron chi connectivity index (χ0n) is 11.3. The normalized spacial score (nSPS) is 10.1. The number of methoxy groups -OCH3 is 1. The molecule has 0 unspecified atom stereocenters. The van der Waals surface area contributed by atoms with Gasteiger partial charge in [-0.25, -0.2) is 0 Å².